The summed E-state index contributed by atoms with van der Waals surface area (Å²) in [5.41, 5.74) is 1.55. The van der Waals surface area contributed by atoms with Gasteiger partial charge in [0.15, 0.2) is 11.7 Å². The highest BCUT2D eigenvalue weighted by Crippen LogP contribution is 2.34. The summed E-state index contributed by atoms with van der Waals surface area (Å²) >= 11 is 0. The van der Waals surface area contributed by atoms with Crippen molar-refractivity contribution in [2.75, 3.05) is 19.7 Å². The van der Waals surface area contributed by atoms with Crippen LogP contribution in [0.5, 0.6) is 5.75 Å². The largest absolute Gasteiger partial charge is 0.493 e. The second-order valence-electron chi connectivity index (χ2n) is 9.45. The van der Waals surface area contributed by atoms with Gasteiger partial charge in [0.25, 0.3) is 0 Å². The quantitative estimate of drug-likeness (QED) is 0.202. The number of aryl methyl sites for hydroxylation is 2. The molecule has 0 saturated carbocycles. The first-order chi connectivity index (χ1) is 19.1. The summed E-state index contributed by atoms with van der Waals surface area (Å²) in [6.07, 6.45) is 1.31. The van der Waals surface area contributed by atoms with E-state index >= 15 is 0 Å². The van der Waals surface area contributed by atoms with Crippen LogP contribution in [-0.2, 0) is 17.5 Å². The number of imidazole rings is 1. The van der Waals surface area contributed by atoms with E-state index < -0.39 is 11.7 Å². The van der Waals surface area contributed by atoms with Crippen molar-refractivity contribution in [2.24, 2.45) is 0 Å². The van der Waals surface area contributed by atoms with Gasteiger partial charge in [0, 0.05) is 20.0 Å². The fraction of sp³-hybridized carbons (Fsp3) is 0.433. The molecule has 7 nitrogen and oxygen atoms in total. The molecule has 0 saturated heterocycles. The lowest BCUT2D eigenvalue weighted by molar-refractivity contribution is -0.136. The van der Waals surface area contributed by atoms with Crippen LogP contribution in [-0.4, -0.2) is 45.0 Å². The number of oxazole rings is 1. The van der Waals surface area contributed by atoms with Crippen LogP contribution in [0.4, 0.5) is 13.2 Å². The minimum Gasteiger partial charge on any atom is -0.493 e. The van der Waals surface area contributed by atoms with E-state index in [4.69, 9.17) is 9.15 Å². The average Bonchev–Trinajstić information content (AvgIpc) is 3.52. The van der Waals surface area contributed by atoms with Gasteiger partial charge < -0.3 is 18.6 Å². The number of nitrogens with zero attached hydrogens (tertiary/aromatic N) is 4. The Labute approximate surface area is 233 Å². The first-order valence-electron chi connectivity index (χ1n) is 13.5. The summed E-state index contributed by atoms with van der Waals surface area (Å²) < 4.78 is 51.7. The van der Waals surface area contributed by atoms with E-state index in [1.165, 1.54) is 22.5 Å². The van der Waals surface area contributed by atoms with Crippen LogP contribution >= 0.6 is 0 Å². The van der Waals surface area contributed by atoms with Crippen LogP contribution in [0.25, 0.3) is 22.4 Å². The second kappa shape index (κ2) is 14.0. The third kappa shape index (κ3) is 7.86. The van der Waals surface area contributed by atoms with Crippen LogP contribution in [0.3, 0.4) is 0 Å². The molecule has 2 aromatic carbocycles. The molecule has 0 radical (unpaired) electrons. The molecule has 1 amide bonds. The van der Waals surface area contributed by atoms with Gasteiger partial charge in [-0.15, -0.1) is 0 Å². The van der Waals surface area contributed by atoms with Gasteiger partial charge in [-0.2, -0.15) is 13.2 Å². The molecular formula is C30H37F3N4O3. The van der Waals surface area contributed by atoms with Crippen molar-refractivity contribution >= 4 is 16.9 Å². The molecule has 2 aromatic heterocycles. The Morgan fingerprint density at radius 1 is 1.05 bits per heavy atom. The van der Waals surface area contributed by atoms with Gasteiger partial charge in [-0.3, -0.25) is 4.79 Å². The van der Waals surface area contributed by atoms with Crippen molar-refractivity contribution in [1.29, 1.82) is 0 Å². The molecule has 40 heavy (non-hydrogen) atoms. The van der Waals surface area contributed by atoms with E-state index in [0.29, 0.717) is 31.1 Å². The molecule has 4 rings (SSSR count). The number of carbonyl (C=O) groups excluding carboxylic acids is 1. The Kier molecular flexibility index (Phi) is 10.8. The fourth-order valence-electron chi connectivity index (χ4n) is 4.26. The Morgan fingerprint density at radius 3 is 2.45 bits per heavy atom. The molecule has 0 spiro atoms. The Balaban J connectivity index is 0.000000238. The van der Waals surface area contributed by atoms with E-state index in [2.05, 4.69) is 16.9 Å². The number of alkyl halides is 3. The fourth-order valence-corrected chi connectivity index (χ4v) is 4.26. The molecule has 0 N–H and O–H groups in total. The standard InChI is InChI=1S/C17H22F3N3O.C13H15NO2/c1-3-5-10-22(9-4-2)15(24)11-23-12-21-16-13(17(18,19)20)7-6-8-14(16)23;1-4-15-12-7-9(2)5-6-11(12)13-8-14-10(3)16-13/h6-8,12H,3-5,9-11H2,1-2H3;5-8H,4H2,1-3H3. The van der Waals surface area contributed by atoms with E-state index in [9.17, 15) is 18.0 Å². The number of fused-ring (bicyclic) bond motifs is 1. The van der Waals surface area contributed by atoms with Gasteiger partial charge >= 0.3 is 6.18 Å². The van der Waals surface area contributed by atoms with Gasteiger partial charge in [0.05, 0.1) is 35.8 Å². The third-order valence-electron chi connectivity index (χ3n) is 6.21. The summed E-state index contributed by atoms with van der Waals surface area (Å²) in [5, 5.41) is 0. The Bertz CT molecular complexity index is 1390. The average molecular weight is 559 g/mol. The highest BCUT2D eigenvalue weighted by Gasteiger charge is 2.33. The molecule has 10 heteroatoms. The molecule has 0 aliphatic carbocycles. The zero-order chi connectivity index (χ0) is 29.3. The summed E-state index contributed by atoms with van der Waals surface area (Å²) in [6, 6.07) is 9.95. The van der Waals surface area contributed by atoms with Gasteiger partial charge in [-0.05, 0) is 56.5 Å². The summed E-state index contributed by atoms with van der Waals surface area (Å²) in [5.74, 6) is 2.17. The lowest BCUT2D eigenvalue weighted by Gasteiger charge is -2.22. The number of aromatic nitrogens is 3. The molecule has 0 unspecified atom stereocenters. The number of para-hydroxylation sites is 1. The molecule has 2 heterocycles. The zero-order valence-electron chi connectivity index (χ0n) is 23.7. The van der Waals surface area contributed by atoms with Crippen molar-refractivity contribution in [2.45, 2.75) is 66.6 Å². The third-order valence-corrected chi connectivity index (χ3v) is 6.21. The summed E-state index contributed by atoms with van der Waals surface area (Å²) in [4.78, 5) is 22.2. The maximum atomic E-state index is 13.0. The molecule has 4 aromatic rings. The predicted molar refractivity (Wildman–Crippen MR) is 149 cm³/mol. The molecule has 0 aliphatic rings. The Morgan fingerprint density at radius 2 is 1.82 bits per heavy atom. The molecule has 0 atom stereocenters. The van der Waals surface area contributed by atoms with Gasteiger partial charge in [0.1, 0.15) is 17.8 Å². The SMILES string of the molecule is CCCCN(CCC)C(=O)Cn1cnc2c(C(F)(F)F)cccc21.CCOc1cc(C)ccc1-c1cnc(C)o1. The van der Waals surface area contributed by atoms with Crippen LogP contribution in [0, 0.1) is 13.8 Å². The highest BCUT2D eigenvalue weighted by atomic mass is 19.4. The van der Waals surface area contributed by atoms with Crippen molar-refractivity contribution in [3.05, 3.63) is 65.9 Å². The van der Waals surface area contributed by atoms with Gasteiger partial charge in [-0.25, -0.2) is 9.97 Å². The maximum absolute atomic E-state index is 13.0. The number of unbranched alkanes of at least 4 members (excludes halogenated alkanes) is 1. The van der Waals surface area contributed by atoms with E-state index in [0.717, 1.165) is 42.4 Å². The number of ether oxygens (including phenoxy) is 1. The number of rotatable bonds is 10. The zero-order valence-corrected chi connectivity index (χ0v) is 23.7. The minimum absolute atomic E-state index is 0.00151. The van der Waals surface area contributed by atoms with E-state index in [1.54, 1.807) is 17.2 Å². The summed E-state index contributed by atoms with van der Waals surface area (Å²) in [7, 11) is 0. The first kappa shape index (κ1) is 30.7. The lowest BCUT2D eigenvalue weighted by atomic mass is 10.1. The van der Waals surface area contributed by atoms with Crippen molar-refractivity contribution in [1.82, 2.24) is 19.4 Å². The number of hydrogen-bond acceptors (Lipinski definition) is 5. The Hall–Kier alpha value is -3.82. The highest BCUT2D eigenvalue weighted by molar-refractivity contribution is 5.83. The molecule has 0 fully saturated rings. The van der Waals surface area contributed by atoms with Gasteiger partial charge in [-0.1, -0.05) is 32.4 Å². The minimum atomic E-state index is -4.46. The molecule has 0 aliphatic heterocycles. The normalized spacial score (nSPS) is 11.3. The smallest absolute Gasteiger partial charge is 0.418 e. The molecule has 0 bridgehead atoms. The van der Waals surface area contributed by atoms with Crippen LogP contribution < -0.4 is 4.74 Å². The van der Waals surface area contributed by atoms with E-state index in [-0.39, 0.29) is 18.0 Å². The lowest BCUT2D eigenvalue weighted by Crippen LogP contribution is -2.35. The number of benzene rings is 2. The van der Waals surface area contributed by atoms with Crippen molar-refractivity contribution in [3.8, 4) is 17.1 Å². The number of carbonyl (C=O) groups is 1. The van der Waals surface area contributed by atoms with Crippen LogP contribution in [0.15, 0.2) is 53.3 Å². The number of hydrogen-bond donors (Lipinski definition) is 0. The second-order valence-corrected chi connectivity index (χ2v) is 9.45. The molecular weight excluding hydrogens is 521 g/mol. The predicted octanol–water partition coefficient (Wildman–Crippen LogP) is 7.45. The number of amides is 1. The first-order valence-corrected chi connectivity index (χ1v) is 13.5. The maximum Gasteiger partial charge on any atom is 0.418 e. The van der Waals surface area contributed by atoms with Crippen LogP contribution in [0.1, 0.15) is 57.1 Å². The monoisotopic (exact) mass is 558 g/mol. The molecule has 216 valence electrons. The van der Waals surface area contributed by atoms with E-state index in [1.807, 2.05) is 45.9 Å². The van der Waals surface area contributed by atoms with Crippen molar-refractivity contribution < 1.29 is 27.1 Å². The summed E-state index contributed by atoms with van der Waals surface area (Å²) in [6.45, 7) is 11.9. The topological polar surface area (TPSA) is 73.4 Å². The van der Waals surface area contributed by atoms with Gasteiger partial charge in [0.2, 0.25) is 5.91 Å². The van der Waals surface area contributed by atoms with Crippen molar-refractivity contribution in [3.63, 3.8) is 0 Å². The van der Waals surface area contributed by atoms with Crippen LogP contribution in [0.2, 0.25) is 0 Å². The number of halogens is 3.